The first-order valence-electron chi connectivity index (χ1n) is 5.36. The van der Waals surface area contributed by atoms with Gasteiger partial charge in [0.05, 0.1) is 11.3 Å². The molecular weight excluding hydrogens is 204 g/mol. The van der Waals surface area contributed by atoms with Gasteiger partial charge in [-0.2, -0.15) is 0 Å². The van der Waals surface area contributed by atoms with Gasteiger partial charge in [0.25, 0.3) is 11.7 Å². The van der Waals surface area contributed by atoms with E-state index in [-0.39, 0.29) is 0 Å². The summed E-state index contributed by atoms with van der Waals surface area (Å²) in [5, 5.41) is 2.68. The maximum Gasteiger partial charge on any atom is 0.296 e. The molecule has 0 saturated carbocycles. The Labute approximate surface area is 93.2 Å². The number of hydrogen-bond donors (Lipinski definition) is 1. The molecule has 2 heterocycles. The first-order chi connectivity index (χ1) is 7.66. The average Bonchev–Trinajstić information content (AvgIpc) is 2.55. The monoisotopic (exact) mass is 216 g/mol. The van der Waals surface area contributed by atoms with E-state index in [9.17, 15) is 9.59 Å². The molecule has 2 aliphatic heterocycles. The summed E-state index contributed by atoms with van der Waals surface area (Å²) in [7, 11) is 2.07. The zero-order valence-corrected chi connectivity index (χ0v) is 9.04. The summed E-state index contributed by atoms with van der Waals surface area (Å²) in [6, 6.07) is 3.72. The third-order valence-corrected chi connectivity index (χ3v) is 3.28. The lowest BCUT2D eigenvalue weighted by atomic mass is 9.95. The molecule has 1 amide bonds. The van der Waals surface area contributed by atoms with Gasteiger partial charge in [-0.3, -0.25) is 9.59 Å². The van der Waals surface area contributed by atoms with Crippen LogP contribution in [0, 0.1) is 0 Å². The molecule has 2 aliphatic rings. The number of ketones is 1. The van der Waals surface area contributed by atoms with E-state index in [1.54, 1.807) is 6.07 Å². The topological polar surface area (TPSA) is 49.4 Å². The quantitative estimate of drug-likeness (QED) is 0.653. The SMILES string of the molecule is CN1CCc2c(ccc3c2NC(=O)C3=O)C1. The lowest BCUT2D eigenvalue weighted by molar-refractivity contribution is -0.112. The van der Waals surface area contributed by atoms with Gasteiger partial charge in [0, 0.05) is 13.1 Å². The van der Waals surface area contributed by atoms with Crippen LogP contribution >= 0.6 is 0 Å². The molecule has 1 aromatic carbocycles. The Kier molecular flexibility index (Phi) is 1.88. The predicted octanol–water partition coefficient (Wildman–Crippen LogP) is 0.809. The molecule has 1 aromatic rings. The number of likely N-dealkylation sites (N-methyl/N-ethyl adjacent to an activating group) is 1. The van der Waals surface area contributed by atoms with Crippen LogP contribution in [0.3, 0.4) is 0 Å². The number of nitrogens with zero attached hydrogens (tertiary/aromatic N) is 1. The first kappa shape index (κ1) is 9.54. The van der Waals surface area contributed by atoms with E-state index in [2.05, 4.69) is 17.3 Å². The van der Waals surface area contributed by atoms with E-state index in [1.165, 1.54) is 5.56 Å². The Morgan fingerprint density at radius 1 is 1.31 bits per heavy atom. The minimum Gasteiger partial charge on any atom is -0.318 e. The van der Waals surface area contributed by atoms with Crippen LogP contribution < -0.4 is 5.32 Å². The van der Waals surface area contributed by atoms with Crippen molar-refractivity contribution in [2.75, 3.05) is 18.9 Å². The van der Waals surface area contributed by atoms with E-state index < -0.39 is 11.7 Å². The van der Waals surface area contributed by atoms with Gasteiger partial charge in [0.1, 0.15) is 0 Å². The van der Waals surface area contributed by atoms with Gasteiger partial charge in [0.15, 0.2) is 0 Å². The Bertz CT molecular complexity index is 508. The number of amides is 1. The highest BCUT2D eigenvalue weighted by atomic mass is 16.2. The number of carbonyl (C=O) groups is 2. The number of hydrogen-bond acceptors (Lipinski definition) is 3. The van der Waals surface area contributed by atoms with Crippen molar-refractivity contribution in [3.05, 3.63) is 28.8 Å². The molecular formula is C12H12N2O2. The lowest BCUT2D eigenvalue weighted by Crippen LogP contribution is -2.27. The van der Waals surface area contributed by atoms with Crippen molar-refractivity contribution in [2.45, 2.75) is 13.0 Å². The second-order valence-corrected chi connectivity index (χ2v) is 4.40. The first-order valence-corrected chi connectivity index (χ1v) is 5.36. The minimum atomic E-state index is -0.498. The summed E-state index contributed by atoms with van der Waals surface area (Å²) in [6.07, 6.45) is 0.891. The number of anilines is 1. The molecule has 0 aromatic heterocycles. The van der Waals surface area contributed by atoms with E-state index >= 15 is 0 Å². The van der Waals surface area contributed by atoms with Crippen molar-refractivity contribution in [1.82, 2.24) is 4.90 Å². The molecule has 4 heteroatoms. The molecule has 0 radical (unpaired) electrons. The van der Waals surface area contributed by atoms with Crippen molar-refractivity contribution >= 4 is 17.4 Å². The molecule has 82 valence electrons. The standard InChI is InChI=1S/C12H12N2O2/c1-14-5-4-8-7(6-14)2-3-9-10(8)13-12(16)11(9)15/h2-3H,4-6H2,1H3,(H,13,15,16). The molecule has 0 spiro atoms. The Morgan fingerprint density at radius 3 is 2.94 bits per heavy atom. The summed E-state index contributed by atoms with van der Waals surface area (Å²) < 4.78 is 0. The van der Waals surface area contributed by atoms with Crippen LogP contribution in [0.2, 0.25) is 0 Å². The van der Waals surface area contributed by atoms with E-state index in [0.717, 1.165) is 30.8 Å². The summed E-state index contributed by atoms with van der Waals surface area (Å²) in [5.74, 6) is -0.904. The second kappa shape index (κ2) is 3.15. The maximum absolute atomic E-state index is 11.5. The summed E-state index contributed by atoms with van der Waals surface area (Å²) in [6.45, 7) is 1.85. The summed E-state index contributed by atoms with van der Waals surface area (Å²) >= 11 is 0. The van der Waals surface area contributed by atoms with Crippen molar-refractivity contribution in [1.29, 1.82) is 0 Å². The van der Waals surface area contributed by atoms with Gasteiger partial charge in [0.2, 0.25) is 0 Å². The van der Waals surface area contributed by atoms with Crippen LogP contribution in [-0.2, 0) is 17.8 Å². The summed E-state index contributed by atoms with van der Waals surface area (Å²) in [5.41, 5.74) is 3.63. The van der Waals surface area contributed by atoms with Gasteiger partial charge in [-0.05, 0) is 30.7 Å². The number of carbonyl (C=O) groups excluding carboxylic acids is 2. The Balaban J connectivity index is 2.15. The van der Waals surface area contributed by atoms with Crippen LogP contribution in [0.15, 0.2) is 12.1 Å². The van der Waals surface area contributed by atoms with Crippen LogP contribution in [0.5, 0.6) is 0 Å². The molecule has 0 atom stereocenters. The third kappa shape index (κ3) is 1.20. The van der Waals surface area contributed by atoms with E-state index in [1.807, 2.05) is 6.07 Å². The van der Waals surface area contributed by atoms with Gasteiger partial charge in [-0.25, -0.2) is 0 Å². The second-order valence-electron chi connectivity index (χ2n) is 4.40. The highest BCUT2D eigenvalue weighted by Gasteiger charge is 2.31. The Hall–Kier alpha value is -1.68. The fourth-order valence-corrected chi connectivity index (χ4v) is 2.42. The average molecular weight is 216 g/mol. The fourth-order valence-electron chi connectivity index (χ4n) is 2.42. The maximum atomic E-state index is 11.5. The zero-order valence-electron chi connectivity index (χ0n) is 9.04. The Morgan fingerprint density at radius 2 is 2.12 bits per heavy atom. The molecule has 0 saturated heterocycles. The number of rotatable bonds is 0. The molecule has 0 fully saturated rings. The van der Waals surface area contributed by atoms with Gasteiger partial charge < -0.3 is 10.2 Å². The predicted molar refractivity (Wildman–Crippen MR) is 59.4 cm³/mol. The molecule has 0 bridgehead atoms. The van der Waals surface area contributed by atoms with Crippen molar-refractivity contribution in [3.8, 4) is 0 Å². The molecule has 3 rings (SSSR count). The van der Waals surface area contributed by atoms with Crippen molar-refractivity contribution < 1.29 is 9.59 Å². The summed E-state index contributed by atoms with van der Waals surface area (Å²) in [4.78, 5) is 25.1. The van der Waals surface area contributed by atoms with Crippen LogP contribution in [-0.4, -0.2) is 30.2 Å². The van der Waals surface area contributed by atoms with E-state index in [4.69, 9.17) is 0 Å². The number of benzene rings is 1. The largest absolute Gasteiger partial charge is 0.318 e. The lowest BCUT2D eigenvalue weighted by Gasteiger charge is -2.26. The molecule has 4 nitrogen and oxygen atoms in total. The van der Waals surface area contributed by atoms with Gasteiger partial charge in [-0.1, -0.05) is 6.07 Å². The zero-order chi connectivity index (χ0) is 11.3. The van der Waals surface area contributed by atoms with Crippen LogP contribution in [0.25, 0.3) is 0 Å². The molecule has 16 heavy (non-hydrogen) atoms. The van der Waals surface area contributed by atoms with Crippen molar-refractivity contribution in [3.63, 3.8) is 0 Å². The fraction of sp³-hybridized carbons (Fsp3) is 0.333. The van der Waals surface area contributed by atoms with E-state index in [0.29, 0.717) is 5.56 Å². The minimum absolute atomic E-state index is 0.406. The molecule has 0 aliphatic carbocycles. The number of fused-ring (bicyclic) bond motifs is 3. The number of Topliss-reactive ketones (excluding diaryl/α,β-unsaturated/α-hetero) is 1. The number of nitrogens with one attached hydrogen (secondary N) is 1. The van der Waals surface area contributed by atoms with Crippen molar-refractivity contribution in [2.24, 2.45) is 0 Å². The smallest absolute Gasteiger partial charge is 0.296 e. The highest BCUT2D eigenvalue weighted by molar-refractivity contribution is 6.51. The van der Waals surface area contributed by atoms with Crippen LogP contribution in [0.4, 0.5) is 5.69 Å². The third-order valence-electron chi connectivity index (χ3n) is 3.28. The normalized spacial score (nSPS) is 19.3. The molecule has 1 N–H and O–H groups in total. The van der Waals surface area contributed by atoms with Gasteiger partial charge in [-0.15, -0.1) is 0 Å². The van der Waals surface area contributed by atoms with Crippen LogP contribution in [0.1, 0.15) is 21.5 Å². The highest BCUT2D eigenvalue weighted by Crippen LogP contribution is 2.32. The van der Waals surface area contributed by atoms with Gasteiger partial charge >= 0.3 is 0 Å². The molecule has 0 unspecified atom stereocenters.